The molecule has 1 unspecified atom stereocenters. The van der Waals surface area contributed by atoms with Gasteiger partial charge in [0.2, 0.25) is 10.0 Å². The van der Waals surface area contributed by atoms with Gasteiger partial charge in [-0.25, -0.2) is 13.1 Å². The van der Waals surface area contributed by atoms with E-state index in [1.165, 1.54) is 0 Å². The molecule has 0 spiro atoms. The van der Waals surface area contributed by atoms with Crippen molar-refractivity contribution in [2.75, 3.05) is 6.26 Å². The number of aliphatic carboxylic acids is 1. The zero-order valence-corrected chi connectivity index (χ0v) is 7.47. The maximum Gasteiger partial charge on any atom is 0.322 e. The lowest BCUT2D eigenvalue weighted by Crippen LogP contribution is -2.41. The highest BCUT2D eigenvalue weighted by atomic mass is 32.2. The summed E-state index contributed by atoms with van der Waals surface area (Å²) in [6.45, 7) is 0. The van der Waals surface area contributed by atoms with Crippen molar-refractivity contribution < 1.29 is 18.3 Å². The van der Waals surface area contributed by atoms with Crippen LogP contribution in [0.5, 0.6) is 0 Å². The number of hydrogen-bond donors (Lipinski definition) is 2. The van der Waals surface area contributed by atoms with Crippen LogP contribution in [-0.4, -0.2) is 31.8 Å². The van der Waals surface area contributed by atoms with Crippen molar-refractivity contribution in [3.63, 3.8) is 0 Å². The van der Waals surface area contributed by atoms with Crippen LogP contribution in [-0.2, 0) is 14.8 Å². The maximum atomic E-state index is 10.7. The van der Waals surface area contributed by atoms with Crippen LogP contribution in [0.25, 0.3) is 0 Å². The Labute approximate surface area is 70.8 Å². The van der Waals surface area contributed by atoms with E-state index in [2.05, 4.69) is 4.72 Å². The van der Waals surface area contributed by atoms with Gasteiger partial charge in [0.1, 0.15) is 6.04 Å². The first kappa shape index (κ1) is 9.47. The predicted octanol–water partition coefficient (Wildman–Crippen LogP) is -0.601. The topological polar surface area (TPSA) is 83.5 Å². The summed E-state index contributed by atoms with van der Waals surface area (Å²) in [5.74, 6) is -1.11. The molecule has 1 aliphatic carbocycles. The molecule has 6 heteroatoms. The molecule has 1 fully saturated rings. The zero-order valence-electron chi connectivity index (χ0n) is 6.65. The van der Waals surface area contributed by atoms with Crippen molar-refractivity contribution >= 4 is 16.0 Å². The average Bonchev–Trinajstić information content (AvgIpc) is 2.61. The largest absolute Gasteiger partial charge is 0.480 e. The van der Waals surface area contributed by atoms with E-state index in [0.717, 1.165) is 19.1 Å². The number of carboxylic acid groups (broad SMARTS) is 1. The summed E-state index contributed by atoms with van der Waals surface area (Å²) in [5, 5.41) is 8.62. The van der Waals surface area contributed by atoms with E-state index in [1.807, 2.05) is 0 Å². The lowest BCUT2D eigenvalue weighted by molar-refractivity contribution is -0.139. The highest BCUT2D eigenvalue weighted by Crippen LogP contribution is 2.32. The molecular weight excluding hydrogens is 182 g/mol. The van der Waals surface area contributed by atoms with Gasteiger partial charge in [0, 0.05) is 0 Å². The summed E-state index contributed by atoms with van der Waals surface area (Å²) in [5.41, 5.74) is 0. The molecule has 0 amide bonds. The van der Waals surface area contributed by atoms with Gasteiger partial charge in [-0.2, -0.15) is 0 Å². The van der Waals surface area contributed by atoms with Gasteiger partial charge in [0.25, 0.3) is 0 Å². The molecule has 2 N–H and O–H groups in total. The summed E-state index contributed by atoms with van der Waals surface area (Å²) in [4.78, 5) is 10.5. The van der Waals surface area contributed by atoms with E-state index in [-0.39, 0.29) is 5.92 Å². The minimum absolute atomic E-state index is 0.0165. The molecule has 0 radical (unpaired) electrons. The molecule has 1 rings (SSSR count). The Hall–Kier alpha value is -0.620. The Morgan fingerprint density at radius 1 is 1.58 bits per heavy atom. The molecule has 0 aliphatic heterocycles. The van der Waals surface area contributed by atoms with E-state index >= 15 is 0 Å². The van der Waals surface area contributed by atoms with E-state index in [0.29, 0.717) is 0 Å². The third kappa shape index (κ3) is 2.78. The van der Waals surface area contributed by atoms with Gasteiger partial charge in [0.05, 0.1) is 6.26 Å². The number of sulfonamides is 1. The first-order valence-corrected chi connectivity index (χ1v) is 5.49. The Morgan fingerprint density at radius 3 is 2.33 bits per heavy atom. The van der Waals surface area contributed by atoms with E-state index in [1.54, 1.807) is 0 Å². The van der Waals surface area contributed by atoms with Crippen LogP contribution < -0.4 is 4.72 Å². The molecule has 0 saturated heterocycles. The first-order chi connectivity index (χ1) is 5.40. The van der Waals surface area contributed by atoms with Gasteiger partial charge in [-0.1, -0.05) is 0 Å². The van der Waals surface area contributed by atoms with Crippen LogP contribution in [0, 0.1) is 5.92 Å². The van der Waals surface area contributed by atoms with E-state index in [9.17, 15) is 13.2 Å². The fourth-order valence-corrected chi connectivity index (χ4v) is 1.76. The molecule has 70 valence electrons. The number of rotatable bonds is 4. The second-order valence-corrected chi connectivity index (χ2v) is 4.82. The molecule has 5 nitrogen and oxygen atoms in total. The highest BCUT2D eigenvalue weighted by Gasteiger charge is 2.37. The van der Waals surface area contributed by atoms with Gasteiger partial charge < -0.3 is 5.11 Å². The highest BCUT2D eigenvalue weighted by molar-refractivity contribution is 7.88. The molecule has 0 aromatic rings. The molecule has 12 heavy (non-hydrogen) atoms. The van der Waals surface area contributed by atoms with E-state index in [4.69, 9.17) is 5.11 Å². The Kier molecular flexibility index (Phi) is 2.39. The molecule has 1 saturated carbocycles. The SMILES string of the molecule is CS(=O)(=O)NC(C(=O)O)C1CC1. The summed E-state index contributed by atoms with van der Waals surface area (Å²) in [7, 11) is -3.40. The number of carboxylic acids is 1. The molecule has 1 aliphatic rings. The number of nitrogens with one attached hydrogen (secondary N) is 1. The smallest absolute Gasteiger partial charge is 0.322 e. The Bertz CT molecular complexity index is 280. The van der Waals surface area contributed by atoms with Crippen LogP contribution in [0.2, 0.25) is 0 Å². The fourth-order valence-electron chi connectivity index (χ4n) is 1.01. The van der Waals surface area contributed by atoms with E-state index < -0.39 is 22.0 Å². The zero-order chi connectivity index (χ0) is 9.35. The van der Waals surface area contributed by atoms with Gasteiger partial charge in [-0.05, 0) is 18.8 Å². The molecule has 0 heterocycles. The summed E-state index contributed by atoms with van der Waals surface area (Å²) < 4.78 is 23.5. The van der Waals surface area contributed by atoms with Gasteiger partial charge in [-0.3, -0.25) is 4.79 Å². The third-order valence-electron chi connectivity index (χ3n) is 1.70. The molecule has 0 aromatic heterocycles. The Balaban J connectivity index is 2.61. The molecule has 1 atom stereocenters. The summed E-state index contributed by atoms with van der Waals surface area (Å²) >= 11 is 0. The van der Waals surface area contributed by atoms with Crippen LogP contribution in [0.15, 0.2) is 0 Å². The van der Waals surface area contributed by atoms with Crippen molar-refractivity contribution in [3.05, 3.63) is 0 Å². The lowest BCUT2D eigenvalue weighted by Gasteiger charge is -2.10. The molecular formula is C6H11NO4S. The molecule has 0 aromatic carbocycles. The standard InChI is InChI=1S/C6H11NO4S/c1-12(10,11)7-5(6(8)9)4-2-3-4/h4-5,7H,2-3H2,1H3,(H,8,9). The average molecular weight is 193 g/mol. The monoisotopic (exact) mass is 193 g/mol. The fraction of sp³-hybridized carbons (Fsp3) is 0.833. The second-order valence-electron chi connectivity index (χ2n) is 3.04. The minimum Gasteiger partial charge on any atom is -0.480 e. The maximum absolute atomic E-state index is 10.7. The second kappa shape index (κ2) is 3.02. The van der Waals surface area contributed by atoms with Crippen molar-refractivity contribution in [3.8, 4) is 0 Å². The van der Waals surface area contributed by atoms with Crippen molar-refractivity contribution in [2.24, 2.45) is 5.92 Å². The van der Waals surface area contributed by atoms with Crippen LogP contribution in [0.4, 0.5) is 0 Å². The minimum atomic E-state index is -3.40. The lowest BCUT2D eigenvalue weighted by atomic mass is 10.2. The van der Waals surface area contributed by atoms with Crippen molar-refractivity contribution in [1.82, 2.24) is 4.72 Å². The van der Waals surface area contributed by atoms with Crippen LogP contribution >= 0.6 is 0 Å². The number of hydrogen-bond acceptors (Lipinski definition) is 3. The summed E-state index contributed by atoms with van der Waals surface area (Å²) in [6, 6.07) is -0.931. The third-order valence-corrected chi connectivity index (χ3v) is 2.38. The van der Waals surface area contributed by atoms with Crippen LogP contribution in [0.1, 0.15) is 12.8 Å². The first-order valence-electron chi connectivity index (χ1n) is 3.60. The van der Waals surface area contributed by atoms with Gasteiger partial charge >= 0.3 is 5.97 Å². The molecule has 0 bridgehead atoms. The van der Waals surface area contributed by atoms with Gasteiger partial charge in [-0.15, -0.1) is 0 Å². The van der Waals surface area contributed by atoms with Crippen molar-refractivity contribution in [1.29, 1.82) is 0 Å². The number of carbonyl (C=O) groups is 1. The quantitative estimate of drug-likeness (QED) is 0.624. The van der Waals surface area contributed by atoms with Crippen LogP contribution in [0.3, 0.4) is 0 Å². The normalized spacial score (nSPS) is 20.4. The predicted molar refractivity (Wildman–Crippen MR) is 42.1 cm³/mol. The Morgan fingerprint density at radius 2 is 2.08 bits per heavy atom. The van der Waals surface area contributed by atoms with Crippen molar-refractivity contribution in [2.45, 2.75) is 18.9 Å². The van der Waals surface area contributed by atoms with Gasteiger partial charge in [0.15, 0.2) is 0 Å². The summed E-state index contributed by atoms with van der Waals surface area (Å²) in [6.07, 6.45) is 2.55.